The molecule has 0 saturated heterocycles. The van der Waals surface area contributed by atoms with Gasteiger partial charge in [-0.05, 0) is 25.7 Å². The number of rotatable bonds is 5. The highest BCUT2D eigenvalue weighted by Gasteiger charge is 1.89. The van der Waals surface area contributed by atoms with Gasteiger partial charge in [-0.15, -0.1) is 0 Å². The van der Waals surface area contributed by atoms with Crippen LogP contribution in [0, 0.1) is 0 Å². The molecule has 0 saturated carbocycles. The van der Waals surface area contributed by atoms with Crippen LogP contribution < -0.4 is 0 Å². The van der Waals surface area contributed by atoms with E-state index in [1.807, 2.05) is 0 Å². The summed E-state index contributed by atoms with van der Waals surface area (Å²) in [5.74, 6) is 0. The van der Waals surface area contributed by atoms with Crippen molar-refractivity contribution >= 4 is 15.9 Å². The van der Waals surface area contributed by atoms with Crippen molar-refractivity contribution in [3.8, 4) is 0 Å². The van der Waals surface area contributed by atoms with E-state index in [1.165, 1.54) is 24.8 Å². The second-order valence-electron chi connectivity index (χ2n) is 2.25. The van der Waals surface area contributed by atoms with E-state index >= 15 is 0 Å². The Hall–Kier alpha value is 0.220. The molecule has 0 aliphatic carbocycles. The van der Waals surface area contributed by atoms with Crippen LogP contribution in [-0.2, 0) is 0 Å². The second kappa shape index (κ2) is 6.34. The van der Waals surface area contributed by atoms with Gasteiger partial charge in [-0.1, -0.05) is 35.0 Å². The summed E-state index contributed by atoms with van der Waals surface area (Å²) >= 11 is 3.39. The second-order valence-corrected chi connectivity index (χ2v) is 3.04. The van der Waals surface area contributed by atoms with Gasteiger partial charge in [0, 0.05) is 5.33 Å². The smallest absolute Gasteiger partial charge is 0.00314 e. The van der Waals surface area contributed by atoms with Crippen molar-refractivity contribution in [3.63, 3.8) is 0 Å². The molecule has 0 aromatic heterocycles. The predicted octanol–water partition coefficient (Wildman–Crippen LogP) is 3.52. The van der Waals surface area contributed by atoms with Gasteiger partial charge >= 0.3 is 0 Å². The fourth-order valence-electron chi connectivity index (χ4n) is 0.646. The quantitative estimate of drug-likeness (QED) is 0.354. The maximum Gasteiger partial charge on any atom is 0.00314 e. The van der Waals surface area contributed by atoms with Crippen LogP contribution in [-0.4, -0.2) is 5.33 Å². The van der Waals surface area contributed by atoms with Gasteiger partial charge in [0.25, 0.3) is 0 Å². The van der Waals surface area contributed by atoms with E-state index in [0.717, 1.165) is 11.8 Å². The first-order chi connectivity index (χ1) is 4.31. The normalized spacial score (nSPS) is 9.56. The summed E-state index contributed by atoms with van der Waals surface area (Å²) in [4.78, 5) is 0. The number of hydrogen-bond donors (Lipinski definition) is 0. The summed E-state index contributed by atoms with van der Waals surface area (Å²) in [7, 11) is 0. The third kappa shape index (κ3) is 6.10. The van der Waals surface area contributed by atoms with Crippen LogP contribution in [0.1, 0.15) is 32.6 Å². The third-order valence-electron chi connectivity index (χ3n) is 1.41. The lowest BCUT2D eigenvalue weighted by molar-refractivity contribution is 0.778. The Balaban J connectivity index is 2.97. The molecular weight excluding hydrogens is 176 g/mol. The van der Waals surface area contributed by atoms with Gasteiger partial charge in [-0.2, -0.15) is 0 Å². The molecule has 0 bridgehead atoms. The minimum Gasteiger partial charge on any atom is -0.0999 e. The summed E-state index contributed by atoms with van der Waals surface area (Å²) in [6, 6.07) is 0. The van der Waals surface area contributed by atoms with Crippen LogP contribution in [0.25, 0.3) is 0 Å². The van der Waals surface area contributed by atoms with Gasteiger partial charge in [0.05, 0.1) is 0 Å². The maximum absolute atomic E-state index is 3.93. The number of hydrogen-bond acceptors (Lipinski definition) is 0. The SMILES string of the molecule is C=C(CC)CCCCBr. The minimum absolute atomic E-state index is 1.13. The van der Waals surface area contributed by atoms with Gasteiger partial charge in [0.1, 0.15) is 0 Å². The first-order valence-electron chi connectivity index (χ1n) is 3.54. The molecule has 0 unspecified atom stereocenters. The molecule has 0 radical (unpaired) electrons. The van der Waals surface area contributed by atoms with E-state index in [1.54, 1.807) is 0 Å². The molecule has 9 heavy (non-hydrogen) atoms. The summed E-state index contributed by atoms with van der Waals surface area (Å²) < 4.78 is 0. The Kier molecular flexibility index (Phi) is 6.50. The predicted molar refractivity (Wildman–Crippen MR) is 47.1 cm³/mol. The maximum atomic E-state index is 3.93. The van der Waals surface area contributed by atoms with Crippen molar-refractivity contribution in [1.29, 1.82) is 0 Å². The van der Waals surface area contributed by atoms with Crippen molar-refractivity contribution in [1.82, 2.24) is 0 Å². The molecule has 0 nitrogen and oxygen atoms in total. The standard InChI is InChI=1S/C8H15Br/c1-3-8(2)6-4-5-7-9/h2-7H2,1H3. The van der Waals surface area contributed by atoms with E-state index in [-0.39, 0.29) is 0 Å². The van der Waals surface area contributed by atoms with Crippen LogP contribution in [0.2, 0.25) is 0 Å². The molecule has 0 aliphatic heterocycles. The first kappa shape index (κ1) is 9.22. The molecule has 0 heterocycles. The Morgan fingerprint density at radius 1 is 1.44 bits per heavy atom. The van der Waals surface area contributed by atoms with E-state index in [4.69, 9.17) is 0 Å². The number of allylic oxidation sites excluding steroid dienone is 1. The van der Waals surface area contributed by atoms with Crippen molar-refractivity contribution in [2.24, 2.45) is 0 Å². The summed E-state index contributed by atoms with van der Waals surface area (Å²) in [5, 5.41) is 1.13. The average molecular weight is 191 g/mol. The van der Waals surface area contributed by atoms with Crippen LogP contribution in [0.3, 0.4) is 0 Å². The minimum atomic E-state index is 1.13. The molecule has 0 spiro atoms. The van der Waals surface area contributed by atoms with Gasteiger partial charge in [0.15, 0.2) is 0 Å². The number of alkyl halides is 1. The average Bonchev–Trinajstić information content (AvgIpc) is 1.89. The monoisotopic (exact) mass is 190 g/mol. The molecule has 54 valence electrons. The summed E-state index contributed by atoms with van der Waals surface area (Å²) in [6.07, 6.45) is 4.92. The number of unbranched alkanes of at least 4 members (excludes halogenated alkanes) is 1. The highest BCUT2D eigenvalue weighted by Crippen LogP contribution is 2.08. The first-order valence-corrected chi connectivity index (χ1v) is 4.66. The fraction of sp³-hybridized carbons (Fsp3) is 0.750. The molecule has 0 atom stereocenters. The van der Waals surface area contributed by atoms with Crippen molar-refractivity contribution in [3.05, 3.63) is 12.2 Å². The molecule has 0 fully saturated rings. The lowest BCUT2D eigenvalue weighted by atomic mass is 10.1. The zero-order valence-electron chi connectivity index (χ0n) is 6.12. The van der Waals surface area contributed by atoms with Gasteiger partial charge in [-0.25, -0.2) is 0 Å². The van der Waals surface area contributed by atoms with Crippen LogP contribution in [0.5, 0.6) is 0 Å². The molecule has 0 aromatic rings. The molecule has 0 aliphatic rings. The van der Waals surface area contributed by atoms with Crippen LogP contribution in [0.15, 0.2) is 12.2 Å². The zero-order chi connectivity index (χ0) is 7.11. The Bertz CT molecular complexity index is 76.6. The van der Waals surface area contributed by atoms with Crippen molar-refractivity contribution in [2.45, 2.75) is 32.6 Å². The summed E-state index contributed by atoms with van der Waals surface area (Å²) in [5.41, 5.74) is 1.39. The van der Waals surface area contributed by atoms with Gasteiger partial charge in [-0.3, -0.25) is 0 Å². The molecular formula is C8H15Br. The molecule has 0 aromatic carbocycles. The van der Waals surface area contributed by atoms with E-state index in [0.29, 0.717) is 0 Å². The lowest BCUT2D eigenvalue weighted by Crippen LogP contribution is -1.80. The van der Waals surface area contributed by atoms with Crippen LogP contribution >= 0.6 is 15.9 Å². The highest BCUT2D eigenvalue weighted by atomic mass is 79.9. The largest absolute Gasteiger partial charge is 0.0999 e. The van der Waals surface area contributed by atoms with E-state index in [2.05, 4.69) is 29.4 Å². The molecule has 0 rings (SSSR count). The molecule has 1 heteroatoms. The summed E-state index contributed by atoms with van der Waals surface area (Å²) in [6.45, 7) is 6.09. The highest BCUT2D eigenvalue weighted by molar-refractivity contribution is 9.09. The Morgan fingerprint density at radius 3 is 2.56 bits per heavy atom. The van der Waals surface area contributed by atoms with Gasteiger partial charge < -0.3 is 0 Å². The van der Waals surface area contributed by atoms with Gasteiger partial charge in [0.2, 0.25) is 0 Å². The Labute approximate surface area is 66.5 Å². The lowest BCUT2D eigenvalue weighted by Gasteiger charge is -1.98. The van der Waals surface area contributed by atoms with E-state index < -0.39 is 0 Å². The Morgan fingerprint density at radius 2 is 2.11 bits per heavy atom. The fourth-order valence-corrected chi connectivity index (χ4v) is 1.04. The van der Waals surface area contributed by atoms with Crippen LogP contribution in [0.4, 0.5) is 0 Å². The molecule has 0 amide bonds. The van der Waals surface area contributed by atoms with Crippen molar-refractivity contribution < 1.29 is 0 Å². The molecule has 0 N–H and O–H groups in total. The number of halogens is 1. The van der Waals surface area contributed by atoms with E-state index in [9.17, 15) is 0 Å². The third-order valence-corrected chi connectivity index (χ3v) is 1.97. The van der Waals surface area contributed by atoms with Crippen molar-refractivity contribution in [2.75, 3.05) is 5.33 Å². The topological polar surface area (TPSA) is 0 Å². The zero-order valence-corrected chi connectivity index (χ0v) is 7.71.